The van der Waals surface area contributed by atoms with Crippen LogP contribution in [0.25, 0.3) is 0 Å². The van der Waals surface area contributed by atoms with E-state index in [1.807, 2.05) is 6.07 Å². The van der Waals surface area contributed by atoms with Gasteiger partial charge >= 0.3 is 0 Å². The van der Waals surface area contributed by atoms with E-state index < -0.39 is 9.84 Å². The molecule has 0 radical (unpaired) electrons. The molecule has 0 aromatic heterocycles. The fraction of sp³-hybridized carbons (Fsp3) is 0.364. The first-order valence-electron chi connectivity index (χ1n) is 5.39. The molecule has 0 aliphatic rings. The largest absolute Gasteiger partial charge is 0.389 e. The summed E-state index contributed by atoms with van der Waals surface area (Å²) >= 11 is 8.26. The maximum atomic E-state index is 11.3. The summed E-state index contributed by atoms with van der Waals surface area (Å²) in [6.45, 7) is 2.02. The van der Waals surface area contributed by atoms with Gasteiger partial charge in [0.15, 0.2) is 9.84 Å². The standard InChI is InChI=1S/C11H15BrN2O2S2/c1-2-18(15,16)6-5-14-10-4-3-8(11(13)17)7-9(10)12/h3-4,7,14H,2,5-6H2,1H3,(H2,13,17). The number of sulfone groups is 1. The molecular formula is C11H15BrN2O2S2. The Morgan fingerprint density at radius 1 is 1.50 bits per heavy atom. The van der Waals surface area contributed by atoms with E-state index in [9.17, 15) is 8.42 Å². The number of halogens is 1. The number of nitrogens with one attached hydrogen (secondary N) is 1. The van der Waals surface area contributed by atoms with Crippen molar-refractivity contribution < 1.29 is 8.42 Å². The summed E-state index contributed by atoms with van der Waals surface area (Å²) in [5, 5.41) is 3.06. The van der Waals surface area contributed by atoms with E-state index in [0.717, 1.165) is 15.7 Å². The van der Waals surface area contributed by atoms with Crippen LogP contribution in [-0.2, 0) is 9.84 Å². The summed E-state index contributed by atoms with van der Waals surface area (Å²) in [4.78, 5) is 0.329. The molecule has 0 aliphatic heterocycles. The molecule has 0 amide bonds. The van der Waals surface area contributed by atoms with Crippen molar-refractivity contribution in [1.82, 2.24) is 0 Å². The monoisotopic (exact) mass is 350 g/mol. The molecule has 0 saturated heterocycles. The van der Waals surface area contributed by atoms with E-state index in [4.69, 9.17) is 18.0 Å². The third-order valence-electron chi connectivity index (χ3n) is 2.42. The number of hydrogen-bond acceptors (Lipinski definition) is 4. The molecule has 0 spiro atoms. The number of hydrogen-bond donors (Lipinski definition) is 2. The maximum Gasteiger partial charge on any atom is 0.151 e. The summed E-state index contributed by atoms with van der Waals surface area (Å²) in [6.07, 6.45) is 0. The second kappa shape index (κ2) is 6.49. The molecule has 0 unspecified atom stereocenters. The SMILES string of the molecule is CCS(=O)(=O)CCNc1ccc(C(N)=S)cc1Br. The molecule has 18 heavy (non-hydrogen) atoms. The first kappa shape index (κ1) is 15.4. The minimum atomic E-state index is -2.94. The lowest BCUT2D eigenvalue weighted by Gasteiger charge is -2.09. The van der Waals surface area contributed by atoms with Crippen molar-refractivity contribution in [3.05, 3.63) is 28.2 Å². The van der Waals surface area contributed by atoms with Gasteiger partial charge in [-0.05, 0) is 34.1 Å². The highest BCUT2D eigenvalue weighted by molar-refractivity contribution is 9.10. The van der Waals surface area contributed by atoms with Gasteiger partial charge in [0, 0.05) is 28.0 Å². The summed E-state index contributed by atoms with van der Waals surface area (Å²) in [7, 11) is -2.94. The first-order valence-corrected chi connectivity index (χ1v) is 8.41. The fourth-order valence-electron chi connectivity index (χ4n) is 1.30. The van der Waals surface area contributed by atoms with Crippen LogP contribution in [-0.4, -0.2) is 31.5 Å². The molecule has 0 bridgehead atoms. The van der Waals surface area contributed by atoms with Crippen LogP contribution in [0.5, 0.6) is 0 Å². The highest BCUT2D eigenvalue weighted by atomic mass is 79.9. The van der Waals surface area contributed by atoms with Gasteiger partial charge in [-0.15, -0.1) is 0 Å². The van der Waals surface area contributed by atoms with Crippen molar-refractivity contribution in [3.63, 3.8) is 0 Å². The molecule has 4 nitrogen and oxygen atoms in total. The van der Waals surface area contributed by atoms with Crippen LogP contribution in [0, 0.1) is 0 Å². The topological polar surface area (TPSA) is 72.2 Å². The van der Waals surface area contributed by atoms with Crippen LogP contribution in [0.15, 0.2) is 22.7 Å². The van der Waals surface area contributed by atoms with Crippen LogP contribution < -0.4 is 11.1 Å². The lowest BCUT2D eigenvalue weighted by Crippen LogP contribution is -2.17. The Hall–Kier alpha value is -0.660. The lowest BCUT2D eigenvalue weighted by atomic mass is 10.2. The third kappa shape index (κ3) is 4.55. The van der Waals surface area contributed by atoms with Gasteiger partial charge in [-0.2, -0.15) is 0 Å². The Morgan fingerprint density at radius 2 is 2.17 bits per heavy atom. The van der Waals surface area contributed by atoms with E-state index in [1.54, 1.807) is 19.1 Å². The minimum Gasteiger partial charge on any atom is -0.389 e. The van der Waals surface area contributed by atoms with Crippen molar-refractivity contribution in [1.29, 1.82) is 0 Å². The predicted octanol–water partition coefficient (Wildman–Crippen LogP) is 1.93. The summed E-state index contributed by atoms with van der Waals surface area (Å²) in [6, 6.07) is 5.42. The lowest BCUT2D eigenvalue weighted by molar-refractivity contribution is 0.597. The van der Waals surface area contributed by atoms with Crippen LogP contribution >= 0.6 is 28.1 Å². The van der Waals surface area contributed by atoms with Crippen molar-refractivity contribution in [3.8, 4) is 0 Å². The van der Waals surface area contributed by atoms with Gasteiger partial charge in [0.2, 0.25) is 0 Å². The van der Waals surface area contributed by atoms with Gasteiger partial charge < -0.3 is 11.1 Å². The van der Waals surface area contributed by atoms with Gasteiger partial charge in [-0.3, -0.25) is 0 Å². The number of nitrogens with two attached hydrogens (primary N) is 1. The second-order valence-electron chi connectivity index (χ2n) is 3.72. The Labute approximate surface area is 121 Å². The number of rotatable bonds is 6. The third-order valence-corrected chi connectivity index (χ3v) is 5.02. The van der Waals surface area contributed by atoms with E-state index >= 15 is 0 Å². The van der Waals surface area contributed by atoms with Gasteiger partial charge in [0.05, 0.1) is 5.75 Å². The summed E-state index contributed by atoms with van der Waals surface area (Å²) < 4.78 is 23.5. The van der Waals surface area contributed by atoms with Crippen molar-refractivity contribution in [2.45, 2.75) is 6.92 Å². The molecule has 0 atom stereocenters. The van der Waals surface area contributed by atoms with E-state index in [2.05, 4.69) is 21.2 Å². The van der Waals surface area contributed by atoms with E-state index in [-0.39, 0.29) is 11.5 Å². The van der Waals surface area contributed by atoms with Crippen molar-refractivity contribution in [2.75, 3.05) is 23.4 Å². The van der Waals surface area contributed by atoms with Crippen LogP contribution in [0.1, 0.15) is 12.5 Å². The van der Waals surface area contributed by atoms with E-state index in [0.29, 0.717) is 11.5 Å². The Morgan fingerprint density at radius 3 is 2.67 bits per heavy atom. The average molecular weight is 351 g/mol. The van der Waals surface area contributed by atoms with Crippen LogP contribution in [0.3, 0.4) is 0 Å². The molecule has 0 fully saturated rings. The molecule has 1 aromatic carbocycles. The second-order valence-corrected chi connectivity index (χ2v) is 7.49. The van der Waals surface area contributed by atoms with Crippen LogP contribution in [0.4, 0.5) is 5.69 Å². The highest BCUT2D eigenvalue weighted by Crippen LogP contribution is 2.23. The molecule has 0 aliphatic carbocycles. The highest BCUT2D eigenvalue weighted by Gasteiger charge is 2.08. The number of thiocarbonyl (C=S) groups is 1. The smallest absolute Gasteiger partial charge is 0.151 e. The molecule has 100 valence electrons. The Kier molecular flexibility index (Phi) is 5.55. The van der Waals surface area contributed by atoms with Gasteiger partial charge in [-0.1, -0.05) is 19.1 Å². The van der Waals surface area contributed by atoms with Gasteiger partial charge in [-0.25, -0.2) is 8.42 Å². The Balaban J connectivity index is 2.67. The quantitative estimate of drug-likeness (QED) is 0.767. The Bertz CT molecular complexity index is 544. The molecule has 7 heteroatoms. The number of benzene rings is 1. The zero-order valence-corrected chi connectivity index (χ0v) is 13.2. The predicted molar refractivity (Wildman–Crippen MR) is 82.8 cm³/mol. The maximum absolute atomic E-state index is 11.3. The molecule has 3 N–H and O–H groups in total. The zero-order valence-electron chi connectivity index (χ0n) is 9.94. The fourth-order valence-corrected chi connectivity index (χ4v) is 2.64. The summed E-state index contributed by atoms with van der Waals surface area (Å²) in [5.74, 6) is 0.281. The van der Waals surface area contributed by atoms with Gasteiger partial charge in [0.25, 0.3) is 0 Å². The normalized spacial score (nSPS) is 11.2. The average Bonchev–Trinajstić information content (AvgIpc) is 2.31. The van der Waals surface area contributed by atoms with E-state index in [1.165, 1.54) is 0 Å². The number of anilines is 1. The first-order chi connectivity index (χ1) is 8.35. The van der Waals surface area contributed by atoms with Gasteiger partial charge in [0.1, 0.15) is 4.99 Å². The van der Waals surface area contributed by atoms with Crippen molar-refractivity contribution >= 4 is 48.7 Å². The molecule has 0 saturated carbocycles. The molecular weight excluding hydrogens is 336 g/mol. The molecule has 1 aromatic rings. The minimum absolute atomic E-state index is 0.118. The molecule has 1 rings (SSSR count). The zero-order chi connectivity index (χ0) is 13.8. The van der Waals surface area contributed by atoms with Crippen LogP contribution in [0.2, 0.25) is 0 Å². The van der Waals surface area contributed by atoms with Crippen molar-refractivity contribution in [2.24, 2.45) is 5.73 Å². The summed E-state index contributed by atoms with van der Waals surface area (Å²) in [5.41, 5.74) is 7.11. The molecule has 0 heterocycles.